The van der Waals surface area contributed by atoms with E-state index in [2.05, 4.69) is 37.3 Å². The molecule has 17 heavy (non-hydrogen) atoms. The van der Waals surface area contributed by atoms with Crippen molar-refractivity contribution in [2.45, 2.75) is 51.8 Å². The summed E-state index contributed by atoms with van der Waals surface area (Å²) in [5.41, 5.74) is 1.13. The van der Waals surface area contributed by atoms with E-state index in [9.17, 15) is 0 Å². The van der Waals surface area contributed by atoms with Crippen LogP contribution in [-0.2, 0) is 11.3 Å². The van der Waals surface area contributed by atoms with Gasteiger partial charge in [-0.1, -0.05) is 0 Å². The van der Waals surface area contributed by atoms with Crippen LogP contribution >= 0.6 is 0 Å². The molecule has 0 bridgehead atoms. The van der Waals surface area contributed by atoms with Gasteiger partial charge in [-0.05, 0) is 39.7 Å². The zero-order valence-corrected chi connectivity index (χ0v) is 11.1. The second-order valence-corrected chi connectivity index (χ2v) is 5.39. The summed E-state index contributed by atoms with van der Waals surface area (Å²) in [6.45, 7) is 9.08. The average Bonchev–Trinajstić information content (AvgIpc) is 2.88. The van der Waals surface area contributed by atoms with Crippen LogP contribution in [0.2, 0.25) is 0 Å². The normalized spacial score (nSPS) is 24.7. The largest absolute Gasteiger partial charge is 0.374 e. The van der Waals surface area contributed by atoms with Gasteiger partial charge in [0.2, 0.25) is 0 Å². The lowest BCUT2D eigenvalue weighted by Gasteiger charge is -2.23. The maximum atomic E-state index is 5.73. The van der Waals surface area contributed by atoms with Crippen LogP contribution in [0.25, 0.3) is 0 Å². The van der Waals surface area contributed by atoms with Crippen molar-refractivity contribution in [2.24, 2.45) is 0 Å². The molecule has 2 heterocycles. The Kier molecular flexibility index (Phi) is 3.84. The molecule has 1 aliphatic heterocycles. The Hall–Kier alpha value is -0.870. The summed E-state index contributed by atoms with van der Waals surface area (Å²) in [5, 5.41) is 7.95. The number of ether oxygens (including phenoxy) is 1. The van der Waals surface area contributed by atoms with E-state index < -0.39 is 0 Å². The third kappa shape index (κ3) is 3.30. The van der Waals surface area contributed by atoms with E-state index in [0.717, 1.165) is 31.8 Å². The van der Waals surface area contributed by atoms with Crippen molar-refractivity contribution in [2.75, 3.05) is 13.2 Å². The Morgan fingerprint density at radius 2 is 2.41 bits per heavy atom. The molecule has 1 aromatic heterocycles. The Bertz CT molecular complexity index is 353. The van der Waals surface area contributed by atoms with Crippen molar-refractivity contribution in [1.29, 1.82) is 0 Å². The van der Waals surface area contributed by atoms with Crippen molar-refractivity contribution in [3.63, 3.8) is 0 Å². The molecule has 4 nitrogen and oxygen atoms in total. The van der Waals surface area contributed by atoms with Gasteiger partial charge in [0.25, 0.3) is 0 Å². The maximum absolute atomic E-state index is 5.73. The molecule has 1 aliphatic rings. The van der Waals surface area contributed by atoms with Gasteiger partial charge in [0.15, 0.2) is 0 Å². The molecule has 1 atom stereocenters. The summed E-state index contributed by atoms with van der Waals surface area (Å²) in [5.74, 6) is 0. The Balaban J connectivity index is 1.77. The molecular weight excluding hydrogens is 214 g/mol. The van der Waals surface area contributed by atoms with E-state index >= 15 is 0 Å². The first-order valence-electron chi connectivity index (χ1n) is 6.48. The molecule has 0 aromatic carbocycles. The minimum absolute atomic E-state index is 0.0284. The highest BCUT2D eigenvalue weighted by Crippen LogP contribution is 2.23. The van der Waals surface area contributed by atoms with Crippen LogP contribution in [0.15, 0.2) is 12.3 Å². The molecule has 2 rings (SSSR count). The third-order valence-corrected chi connectivity index (χ3v) is 3.30. The zero-order chi connectivity index (χ0) is 12.3. The van der Waals surface area contributed by atoms with Gasteiger partial charge in [-0.3, -0.25) is 4.68 Å². The number of hydrogen-bond acceptors (Lipinski definition) is 3. The molecule has 96 valence electrons. The van der Waals surface area contributed by atoms with Gasteiger partial charge in [-0.25, -0.2) is 0 Å². The van der Waals surface area contributed by atoms with E-state index in [4.69, 9.17) is 4.74 Å². The van der Waals surface area contributed by atoms with E-state index in [1.807, 2.05) is 10.9 Å². The number of hydrogen-bond donors (Lipinski definition) is 1. The van der Waals surface area contributed by atoms with Gasteiger partial charge < -0.3 is 10.1 Å². The minimum atomic E-state index is 0.0284. The van der Waals surface area contributed by atoms with Gasteiger partial charge in [-0.15, -0.1) is 0 Å². The highest BCUT2D eigenvalue weighted by atomic mass is 16.5. The van der Waals surface area contributed by atoms with Crippen molar-refractivity contribution in [3.05, 3.63) is 18.0 Å². The van der Waals surface area contributed by atoms with Gasteiger partial charge in [0.1, 0.15) is 0 Å². The number of rotatable bonds is 5. The van der Waals surface area contributed by atoms with Crippen LogP contribution in [0.3, 0.4) is 0 Å². The molecular formula is C13H23N3O. The number of nitrogens with one attached hydrogen (secondary N) is 1. The van der Waals surface area contributed by atoms with Crippen LogP contribution < -0.4 is 5.32 Å². The fourth-order valence-electron chi connectivity index (χ4n) is 2.19. The van der Waals surface area contributed by atoms with Crippen molar-refractivity contribution < 1.29 is 4.74 Å². The summed E-state index contributed by atoms with van der Waals surface area (Å²) in [7, 11) is 0. The van der Waals surface area contributed by atoms with Crippen LogP contribution in [0.4, 0.5) is 0 Å². The first-order valence-corrected chi connectivity index (χ1v) is 6.48. The second kappa shape index (κ2) is 5.19. The molecule has 0 spiro atoms. The second-order valence-electron chi connectivity index (χ2n) is 5.39. The third-order valence-electron chi connectivity index (χ3n) is 3.30. The van der Waals surface area contributed by atoms with E-state index in [1.165, 1.54) is 6.42 Å². The lowest BCUT2D eigenvalue weighted by molar-refractivity contribution is 0.0206. The van der Waals surface area contributed by atoms with Crippen LogP contribution in [0, 0.1) is 0 Å². The zero-order valence-electron chi connectivity index (χ0n) is 11.1. The summed E-state index contributed by atoms with van der Waals surface area (Å²) in [4.78, 5) is 0. The van der Waals surface area contributed by atoms with Crippen LogP contribution in [0.1, 0.15) is 45.3 Å². The molecule has 1 saturated heterocycles. The van der Waals surface area contributed by atoms with Gasteiger partial charge in [0, 0.05) is 31.9 Å². The first kappa shape index (κ1) is 12.6. The maximum Gasteiger partial charge on any atom is 0.0779 e. The molecule has 1 aromatic rings. The minimum Gasteiger partial charge on any atom is -0.374 e. The Morgan fingerprint density at radius 3 is 3.00 bits per heavy atom. The van der Waals surface area contributed by atoms with Crippen molar-refractivity contribution in [1.82, 2.24) is 15.1 Å². The molecule has 0 aliphatic carbocycles. The molecule has 1 fully saturated rings. The Morgan fingerprint density at radius 1 is 1.59 bits per heavy atom. The predicted molar refractivity (Wildman–Crippen MR) is 67.9 cm³/mol. The standard InChI is InChI=1S/C13H23N3O/c1-11(2)16-7-5-12(15-16)9-14-10-13(3)6-4-8-17-13/h5,7,11,14H,4,6,8-10H2,1-3H3. The van der Waals surface area contributed by atoms with Crippen molar-refractivity contribution in [3.8, 4) is 0 Å². The SMILES string of the molecule is CC(C)n1ccc(CNCC2(C)CCCO2)n1. The van der Waals surface area contributed by atoms with Crippen LogP contribution in [-0.4, -0.2) is 28.5 Å². The summed E-state index contributed by atoms with van der Waals surface area (Å²) >= 11 is 0. The Labute approximate surface area is 103 Å². The van der Waals surface area contributed by atoms with Gasteiger partial charge >= 0.3 is 0 Å². The molecule has 1 N–H and O–H groups in total. The van der Waals surface area contributed by atoms with Gasteiger partial charge in [0.05, 0.1) is 11.3 Å². The topological polar surface area (TPSA) is 39.1 Å². The summed E-state index contributed by atoms with van der Waals surface area (Å²) in [6.07, 6.45) is 4.37. The fourth-order valence-corrected chi connectivity index (χ4v) is 2.19. The molecule has 4 heteroatoms. The lowest BCUT2D eigenvalue weighted by Crippen LogP contribution is -2.36. The fraction of sp³-hybridized carbons (Fsp3) is 0.769. The monoisotopic (exact) mass is 237 g/mol. The molecule has 0 amide bonds. The lowest BCUT2D eigenvalue weighted by atomic mass is 10.0. The quantitative estimate of drug-likeness (QED) is 0.852. The van der Waals surface area contributed by atoms with E-state index in [0.29, 0.717) is 6.04 Å². The first-order chi connectivity index (χ1) is 8.09. The highest BCUT2D eigenvalue weighted by molar-refractivity contribution is 4.99. The summed E-state index contributed by atoms with van der Waals surface area (Å²) < 4.78 is 7.72. The average molecular weight is 237 g/mol. The van der Waals surface area contributed by atoms with Gasteiger partial charge in [-0.2, -0.15) is 5.10 Å². The molecule has 0 radical (unpaired) electrons. The van der Waals surface area contributed by atoms with E-state index in [1.54, 1.807) is 0 Å². The van der Waals surface area contributed by atoms with E-state index in [-0.39, 0.29) is 5.60 Å². The smallest absolute Gasteiger partial charge is 0.0779 e. The highest BCUT2D eigenvalue weighted by Gasteiger charge is 2.28. The van der Waals surface area contributed by atoms with Crippen LogP contribution in [0.5, 0.6) is 0 Å². The molecule has 1 unspecified atom stereocenters. The number of nitrogens with zero attached hydrogens (tertiary/aromatic N) is 2. The van der Waals surface area contributed by atoms with Crippen molar-refractivity contribution >= 4 is 0 Å². The molecule has 0 saturated carbocycles. The predicted octanol–water partition coefficient (Wildman–Crippen LogP) is 2.12. The summed E-state index contributed by atoms with van der Waals surface area (Å²) in [6, 6.07) is 2.50. The number of aromatic nitrogens is 2.